The Bertz CT molecular complexity index is 553. The summed E-state index contributed by atoms with van der Waals surface area (Å²) >= 11 is 11.4. The first kappa shape index (κ1) is 10.9. The van der Waals surface area contributed by atoms with Crippen LogP contribution in [-0.2, 0) is 0 Å². The molecule has 5 nitrogen and oxygen atoms in total. The Morgan fingerprint density at radius 1 is 1.38 bits per heavy atom. The summed E-state index contributed by atoms with van der Waals surface area (Å²) < 4.78 is 1.26. The normalized spacial score (nSPS) is 10.4. The first-order chi connectivity index (χ1) is 7.58. The first-order valence-electron chi connectivity index (χ1n) is 4.18. The second-order valence-corrected chi connectivity index (χ2v) is 3.74. The van der Waals surface area contributed by atoms with Crippen molar-refractivity contribution in [1.82, 2.24) is 14.8 Å². The lowest BCUT2D eigenvalue weighted by atomic mass is 10.2. The summed E-state index contributed by atoms with van der Waals surface area (Å²) in [5, 5.41) is 13.4. The third-order valence-electron chi connectivity index (χ3n) is 1.84. The molecule has 2 heterocycles. The lowest BCUT2D eigenvalue weighted by Gasteiger charge is -2.04. The maximum Gasteiger partial charge on any atom is 0.339 e. The summed E-state index contributed by atoms with van der Waals surface area (Å²) in [7, 11) is 0. The highest BCUT2D eigenvalue weighted by Gasteiger charge is 2.14. The summed E-state index contributed by atoms with van der Waals surface area (Å²) in [5.41, 5.74) is 0.00386. The van der Waals surface area contributed by atoms with Crippen LogP contribution in [-0.4, -0.2) is 25.8 Å². The van der Waals surface area contributed by atoms with Crippen LogP contribution in [0.15, 0.2) is 24.5 Å². The molecule has 0 amide bonds. The van der Waals surface area contributed by atoms with Gasteiger partial charge in [0.1, 0.15) is 10.7 Å². The van der Waals surface area contributed by atoms with Gasteiger partial charge < -0.3 is 5.11 Å². The Morgan fingerprint density at radius 2 is 2.12 bits per heavy atom. The molecule has 0 aliphatic carbocycles. The minimum atomic E-state index is -1.11. The van der Waals surface area contributed by atoms with Crippen molar-refractivity contribution in [2.75, 3.05) is 0 Å². The number of aromatic carboxylic acids is 1. The van der Waals surface area contributed by atoms with Gasteiger partial charge in [0.25, 0.3) is 0 Å². The molecule has 2 aromatic rings. The lowest BCUT2D eigenvalue weighted by molar-refractivity contribution is 0.0696. The maximum atomic E-state index is 11.0. The van der Waals surface area contributed by atoms with Crippen molar-refractivity contribution in [2.45, 2.75) is 0 Å². The number of rotatable bonds is 2. The van der Waals surface area contributed by atoms with E-state index in [2.05, 4.69) is 10.1 Å². The van der Waals surface area contributed by atoms with Gasteiger partial charge in [-0.3, -0.25) is 0 Å². The van der Waals surface area contributed by atoms with Crippen molar-refractivity contribution in [3.8, 4) is 5.82 Å². The zero-order valence-corrected chi connectivity index (χ0v) is 9.27. The highest BCUT2D eigenvalue weighted by atomic mass is 35.5. The summed E-state index contributed by atoms with van der Waals surface area (Å²) in [4.78, 5) is 14.9. The Labute approximate surface area is 100 Å². The lowest BCUT2D eigenvalue weighted by Crippen LogP contribution is -2.08. The number of aromatic nitrogens is 3. The molecule has 0 aliphatic rings. The zero-order chi connectivity index (χ0) is 11.7. The monoisotopic (exact) mass is 257 g/mol. The van der Waals surface area contributed by atoms with E-state index in [1.54, 1.807) is 0 Å². The minimum absolute atomic E-state index is 0.00386. The van der Waals surface area contributed by atoms with E-state index in [-0.39, 0.29) is 16.5 Å². The van der Waals surface area contributed by atoms with Gasteiger partial charge in [0.15, 0.2) is 5.82 Å². The van der Waals surface area contributed by atoms with Crippen LogP contribution in [0.4, 0.5) is 0 Å². The summed E-state index contributed by atoms with van der Waals surface area (Å²) in [6, 6.07) is 2.77. The van der Waals surface area contributed by atoms with Crippen molar-refractivity contribution >= 4 is 29.2 Å². The number of hydrogen-bond acceptors (Lipinski definition) is 3. The fourth-order valence-electron chi connectivity index (χ4n) is 1.18. The van der Waals surface area contributed by atoms with Crippen molar-refractivity contribution in [3.63, 3.8) is 0 Å². The van der Waals surface area contributed by atoms with Crippen LogP contribution in [0.1, 0.15) is 10.4 Å². The molecule has 0 aliphatic heterocycles. The molecule has 2 aromatic heterocycles. The molecule has 0 unspecified atom stereocenters. The number of carboxylic acids is 1. The van der Waals surface area contributed by atoms with Crippen LogP contribution in [0, 0.1) is 0 Å². The highest BCUT2D eigenvalue weighted by Crippen LogP contribution is 2.17. The van der Waals surface area contributed by atoms with Gasteiger partial charge in [0.2, 0.25) is 0 Å². The average Bonchev–Trinajstić information content (AvgIpc) is 2.64. The second-order valence-electron chi connectivity index (χ2n) is 2.91. The number of halogens is 2. The Kier molecular flexibility index (Phi) is 2.80. The van der Waals surface area contributed by atoms with Crippen molar-refractivity contribution in [3.05, 3.63) is 40.3 Å². The average molecular weight is 258 g/mol. The molecule has 0 fully saturated rings. The summed E-state index contributed by atoms with van der Waals surface area (Å²) in [5.74, 6) is -0.974. The first-order valence-corrected chi connectivity index (χ1v) is 4.94. The summed E-state index contributed by atoms with van der Waals surface area (Å²) in [6.45, 7) is 0. The Balaban J connectivity index is 2.62. The van der Waals surface area contributed by atoms with Crippen LogP contribution in [0.5, 0.6) is 0 Å². The number of carbonyl (C=O) groups is 1. The standard InChI is InChI=1S/C9H5Cl2N3O2/c10-5-3-12-14(4-5)8-6(9(15)16)1-2-7(11)13-8/h1-4H,(H,15,16). The zero-order valence-electron chi connectivity index (χ0n) is 7.76. The van der Waals surface area contributed by atoms with E-state index in [1.165, 1.54) is 29.2 Å². The van der Waals surface area contributed by atoms with E-state index < -0.39 is 5.97 Å². The molecule has 0 saturated carbocycles. The van der Waals surface area contributed by atoms with Crippen molar-refractivity contribution in [1.29, 1.82) is 0 Å². The molecule has 16 heavy (non-hydrogen) atoms. The Hall–Kier alpha value is -1.59. The predicted octanol–water partition coefficient (Wildman–Crippen LogP) is 2.27. The van der Waals surface area contributed by atoms with Gasteiger partial charge >= 0.3 is 5.97 Å². The third-order valence-corrected chi connectivity index (χ3v) is 2.25. The van der Waals surface area contributed by atoms with Crippen molar-refractivity contribution in [2.24, 2.45) is 0 Å². The van der Waals surface area contributed by atoms with E-state index in [9.17, 15) is 4.79 Å². The highest BCUT2D eigenvalue weighted by molar-refractivity contribution is 6.30. The summed E-state index contributed by atoms with van der Waals surface area (Å²) in [6.07, 6.45) is 2.84. The molecule has 0 spiro atoms. The minimum Gasteiger partial charge on any atom is -0.478 e. The molecule has 1 N–H and O–H groups in total. The van der Waals surface area contributed by atoms with Gasteiger partial charge in [0.05, 0.1) is 17.4 Å². The van der Waals surface area contributed by atoms with Gasteiger partial charge in [0, 0.05) is 0 Å². The predicted molar refractivity (Wildman–Crippen MR) is 58.3 cm³/mol. The molecular formula is C9H5Cl2N3O2. The molecular weight excluding hydrogens is 253 g/mol. The molecule has 0 aromatic carbocycles. The maximum absolute atomic E-state index is 11.0. The van der Waals surface area contributed by atoms with E-state index >= 15 is 0 Å². The largest absolute Gasteiger partial charge is 0.478 e. The molecule has 0 atom stereocenters. The number of hydrogen-bond donors (Lipinski definition) is 1. The molecule has 7 heteroatoms. The Morgan fingerprint density at radius 3 is 2.69 bits per heavy atom. The smallest absolute Gasteiger partial charge is 0.339 e. The fraction of sp³-hybridized carbons (Fsp3) is 0. The van der Waals surface area contributed by atoms with E-state index in [0.29, 0.717) is 5.02 Å². The van der Waals surface area contributed by atoms with Crippen LogP contribution < -0.4 is 0 Å². The van der Waals surface area contributed by atoms with Crippen LogP contribution in [0.3, 0.4) is 0 Å². The van der Waals surface area contributed by atoms with E-state index in [4.69, 9.17) is 28.3 Å². The molecule has 0 radical (unpaired) electrons. The number of nitrogens with zero attached hydrogens (tertiary/aromatic N) is 3. The van der Waals surface area contributed by atoms with Crippen LogP contribution in [0.25, 0.3) is 5.82 Å². The number of pyridine rings is 1. The quantitative estimate of drug-likeness (QED) is 0.839. The molecule has 0 saturated heterocycles. The second kappa shape index (κ2) is 4.11. The van der Waals surface area contributed by atoms with Gasteiger partial charge in [-0.1, -0.05) is 23.2 Å². The molecule has 0 bridgehead atoms. The van der Waals surface area contributed by atoms with E-state index in [0.717, 1.165) is 0 Å². The van der Waals surface area contributed by atoms with Gasteiger partial charge in [-0.25, -0.2) is 14.5 Å². The van der Waals surface area contributed by atoms with E-state index in [1.807, 2.05) is 0 Å². The van der Waals surface area contributed by atoms with Gasteiger partial charge in [-0.2, -0.15) is 5.10 Å². The SMILES string of the molecule is O=C(O)c1ccc(Cl)nc1-n1cc(Cl)cn1. The fourth-order valence-corrected chi connectivity index (χ4v) is 1.46. The third kappa shape index (κ3) is 2.00. The molecule has 2 rings (SSSR count). The van der Waals surface area contributed by atoms with Crippen LogP contribution in [0.2, 0.25) is 10.2 Å². The number of carboxylic acid groups (broad SMARTS) is 1. The topological polar surface area (TPSA) is 68.0 Å². The van der Waals surface area contributed by atoms with Gasteiger partial charge in [-0.15, -0.1) is 0 Å². The van der Waals surface area contributed by atoms with Gasteiger partial charge in [-0.05, 0) is 12.1 Å². The molecule has 82 valence electrons. The van der Waals surface area contributed by atoms with Crippen LogP contribution >= 0.6 is 23.2 Å². The van der Waals surface area contributed by atoms with Crippen molar-refractivity contribution < 1.29 is 9.90 Å².